The minimum Gasteiger partial charge on any atom is -0.359 e. The lowest BCUT2D eigenvalue weighted by Crippen LogP contribution is -2.46. The number of azo groups is 1. The average Bonchev–Trinajstić information content (AvgIpc) is 3.39. The number of carbonyl (C=O) groups excluding carboxylic acids is 2. The fourth-order valence-electron chi connectivity index (χ4n) is 2.93. The number of hydrogen-bond acceptors (Lipinski definition) is 6. The van der Waals surface area contributed by atoms with Crippen LogP contribution in [-0.4, -0.2) is 17.9 Å². The van der Waals surface area contributed by atoms with E-state index in [0.717, 1.165) is 5.69 Å². The molecule has 32 heavy (non-hydrogen) atoms. The van der Waals surface area contributed by atoms with Gasteiger partial charge in [-0.05, 0) is 60.0 Å². The minimum atomic E-state index is -0.918. The molecule has 0 spiro atoms. The predicted molar refractivity (Wildman–Crippen MR) is 127 cm³/mol. The van der Waals surface area contributed by atoms with E-state index < -0.39 is 6.17 Å². The Morgan fingerprint density at radius 3 is 1.97 bits per heavy atom. The first-order chi connectivity index (χ1) is 15.7. The molecule has 4 rings (SSSR count). The summed E-state index contributed by atoms with van der Waals surface area (Å²) in [6, 6.07) is 29.0. The van der Waals surface area contributed by atoms with Crippen molar-refractivity contribution in [2.75, 3.05) is 5.32 Å². The van der Waals surface area contributed by atoms with Crippen molar-refractivity contribution in [3.8, 4) is 0 Å². The van der Waals surface area contributed by atoms with Crippen LogP contribution in [0.2, 0.25) is 0 Å². The second-order valence-electron chi connectivity index (χ2n) is 6.84. The van der Waals surface area contributed by atoms with Gasteiger partial charge in [-0.2, -0.15) is 10.2 Å². The SMILES string of the molecule is O=C(N[C@@H](Nc1ccc(N=Nc2ccccc2)cc1)C(=O)c1cccs1)c1ccccc1. The summed E-state index contributed by atoms with van der Waals surface area (Å²) in [5, 5.41) is 16.2. The Labute approximate surface area is 189 Å². The second kappa shape index (κ2) is 10.3. The molecule has 1 atom stereocenters. The third-order valence-electron chi connectivity index (χ3n) is 4.55. The van der Waals surface area contributed by atoms with Gasteiger partial charge < -0.3 is 10.6 Å². The van der Waals surface area contributed by atoms with Crippen LogP contribution in [0.25, 0.3) is 0 Å². The number of carbonyl (C=O) groups is 2. The summed E-state index contributed by atoms with van der Waals surface area (Å²) in [5.41, 5.74) is 2.59. The normalized spacial score (nSPS) is 11.8. The Morgan fingerprint density at radius 2 is 1.34 bits per heavy atom. The third-order valence-corrected chi connectivity index (χ3v) is 5.44. The Hall–Kier alpha value is -4.10. The van der Waals surface area contributed by atoms with Gasteiger partial charge >= 0.3 is 0 Å². The third kappa shape index (κ3) is 5.53. The number of Topliss-reactive ketones (excluding diaryl/α,β-unsaturated/α-hetero) is 1. The van der Waals surface area contributed by atoms with Crippen molar-refractivity contribution in [3.63, 3.8) is 0 Å². The van der Waals surface area contributed by atoms with E-state index in [-0.39, 0.29) is 11.7 Å². The number of amides is 1. The maximum atomic E-state index is 13.0. The lowest BCUT2D eigenvalue weighted by molar-refractivity contribution is 0.0871. The lowest BCUT2D eigenvalue weighted by atomic mass is 10.2. The number of rotatable bonds is 8. The van der Waals surface area contributed by atoms with Gasteiger partial charge in [0.05, 0.1) is 16.3 Å². The molecule has 4 aromatic rings. The van der Waals surface area contributed by atoms with E-state index in [1.807, 2.05) is 41.8 Å². The molecule has 0 radical (unpaired) electrons. The van der Waals surface area contributed by atoms with E-state index >= 15 is 0 Å². The summed E-state index contributed by atoms with van der Waals surface area (Å²) in [7, 11) is 0. The number of nitrogens with zero attached hydrogens (tertiary/aromatic N) is 2. The number of ketones is 1. The molecule has 6 nitrogen and oxygen atoms in total. The van der Waals surface area contributed by atoms with Gasteiger partial charge in [0.1, 0.15) is 0 Å². The van der Waals surface area contributed by atoms with E-state index in [1.165, 1.54) is 11.3 Å². The highest BCUT2D eigenvalue weighted by molar-refractivity contribution is 7.12. The zero-order valence-electron chi connectivity index (χ0n) is 17.0. The van der Waals surface area contributed by atoms with Crippen LogP contribution in [0.3, 0.4) is 0 Å². The quantitative estimate of drug-likeness (QED) is 0.194. The maximum Gasteiger partial charge on any atom is 0.253 e. The van der Waals surface area contributed by atoms with Crippen molar-refractivity contribution in [2.45, 2.75) is 6.17 Å². The van der Waals surface area contributed by atoms with Gasteiger partial charge in [0.15, 0.2) is 6.17 Å². The zero-order chi connectivity index (χ0) is 22.2. The Balaban J connectivity index is 1.49. The molecule has 158 valence electrons. The zero-order valence-corrected chi connectivity index (χ0v) is 17.8. The van der Waals surface area contributed by atoms with Crippen LogP contribution in [0.4, 0.5) is 17.1 Å². The summed E-state index contributed by atoms with van der Waals surface area (Å²) >= 11 is 1.33. The molecule has 1 heterocycles. The van der Waals surface area contributed by atoms with Crippen LogP contribution in [0, 0.1) is 0 Å². The molecule has 0 unspecified atom stereocenters. The van der Waals surface area contributed by atoms with E-state index in [9.17, 15) is 9.59 Å². The maximum absolute atomic E-state index is 13.0. The number of nitrogens with one attached hydrogen (secondary N) is 2. The number of benzene rings is 3. The summed E-state index contributed by atoms with van der Waals surface area (Å²) in [6.07, 6.45) is -0.918. The largest absolute Gasteiger partial charge is 0.359 e. The highest BCUT2D eigenvalue weighted by atomic mass is 32.1. The fraction of sp³-hybridized carbons (Fsp3) is 0.0400. The van der Waals surface area contributed by atoms with E-state index in [1.54, 1.807) is 60.7 Å². The number of hydrogen-bond donors (Lipinski definition) is 2. The van der Waals surface area contributed by atoms with Crippen LogP contribution in [0.5, 0.6) is 0 Å². The molecule has 0 saturated carbocycles. The van der Waals surface area contributed by atoms with Gasteiger partial charge in [-0.25, -0.2) is 0 Å². The van der Waals surface area contributed by atoms with E-state index in [4.69, 9.17) is 0 Å². The van der Waals surface area contributed by atoms with Crippen LogP contribution < -0.4 is 10.6 Å². The van der Waals surface area contributed by atoms with Gasteiger partial charge in [0.25, 0.3) is 5.91 Å². The van der Waals surface area contributed by atoms with Crippen LogP contribution in [-0.2, 0) is 0 Å². The molecule has 1 amide bonds. The monoisotopic (exact) mass is 440 g/mol. The van der Waals surface area contributed by atoms with E-state index in [0.29, 0.717) is 21.8 Å². The standard InChI is InChI=1S/C25H20N4O2S/c30-23(22-12-7-17-32-22)24(27-25(31)18-8-3-1-4-9-18)26-19-13-15-21(16-14-19)29-28-20-10-5-2-6-11-20/h1-17,24,26H,(H,27,31)/t24-/m1/s1. The van der Waals surface area contributed by atoms with Crippen molar-refractivity contribution in [3.05, 3.63) is 113 Å². The van der Waals surface area contributed by atoms with E-state index in [2.05, 4.69) is 20.9 Å². The van der Waals surface area contributed by atoms with Crippen LogP contribution in [0.1, 0.15) is 20.0 Å². The summed E-state index contributed by atoms with van der Waals surface area (Å²) in [6.45, 7) is 0. The molecule has 2 N–H and O–H groups in total. The molecule has 0 aliphatic heterocycles. The summed E-state index contributed by atoms with van der Waals surface area (Å²) in [4.78, 5) is 26.2. The van der Waals surface area contributed by atoms with Crippen molar-refractivity contribution in [1.29, 1.82) is 0 Å². The van der Waals surface area contributed by atoms with Crippen molar-refractivity contribution in [2.24, 2.45) is 10.2 Å². The molecule has 3 aromatic carbocycles. The highest BCUT2D eigenvalue weighted by Crippen LogP contribution is 2.21. The van der Waals surface area contributed by atoms with Gasteiger partial charge in [0.2, 0.25) is 5.78 Å². The second-order valence-corrected chi connectivity index (χ2v) is 7.79. The van der Waals surface area contributed by atoms with Crippen LogP contribution in [0.15, 0.2) is 113 Å². The first kappa shape index (κ1) is 21.1. The lowest BCUT2D eigenvalue weighted by Gasteiger charge is -2.20. The van der Waals surface area contributed by atoms with Gasteiger partial charge in [0, 0.05) is 11.3 Å². The molecule has 7 heteroatoms. The predicted octanol–water partition coefficient (Wildman–Crippen LogP) is 6.21. The van der Waals surface area contributed by atoms with Crippen molar-refractivity contribution >= 4 is 40.1 Å². The number of thiophene rings is 1. The summed E-state index contributed by atoms with van der Waals surface area (Å²) < 4.78 is 0. The molecule has 1 aromatic heterocycles. The average molecular weight is 441 g/mol. The smallest absolute Gasteiger partial charge is 0.253 e. The number of anilines is 1. The molecule has 0 aliphatic carbocycles. The van der Waals surface area contributed by atoms with Crippen LogP contribution >= 0.6 is 11.3 Å². The van der Waals surface area contributed by atoms with Gasteiger partial charge in [-0.3, -0.25) is 9.59 Å². The first-order valence-electron chi connectivity index (χ1n) is 9.96. The molecule has 0 fully saturated rings. The topological polar surface area (TPSA) is 82.9 Å². The Kier molecular flexibility index (Phi) is 6.79. The Morgan fingerprint density at radius 1 is 0.719 bits per heavy atom. The highest BCUT2D eigenvalue weighted by Gasteiger charge is 2.23. The molecule has 0 saturated heterocycles. The van der Waals surface area contributed by atoms with Gasteiger partial charge in [-0.15, -0.1) is 11.3 Å². The van der Waals surface area contributed by atoms with Crippen molar-refractivity contribution < 1.29 is 9.59 Å². The molecule has 0 bridgehead atoms. The van der Waals surface area contributed by atoms with Gasteiger partial charge in [-0.1, -0.05) is 42.5 Å². The Bertz CT molecular complexity index is 1190. The van der Waals surface area contributed by atoms with Crippen molar-refractivity contribution in [1.82, 2.24) is 5.32 Å². The first-order valence-corrected chi connectivity index (χ1v) is 10.8. The minimum absolute atomic E-state index is 0.211. The summed E-state index contributed by atoms with van der Waals surface area (Å²) in [5.74, 6) is -0.543. The molecule has 0 aliphatic rings. The molecular weight excluding hydrogens is 420 g/mol. The fourth-order valence-corrected chi connectivity index (χ4v) is 3.63. The molecular formula is C25H20N4O2S.